The van der Waals surface area contributed by atoms with Crippen LogP contribution in [0.4, 0.5) is 0 Å². The van der Waals surface area contributed by atoms with Gasteiger partial charge in [-0.15, -0.1) is 6.42 Å². The molecule has 0 aromatic rings. The summed E-state index contributed by atoms with van der Waals surface area (Å²) >= 11 is 0. The number of hydrogen-bond acceptors (Lipinski definition) is 4. The Labute approximate surface area is 175 Å². The zero-order valence-electron chi connectivity index (χ0n) is 18.1. The van der Waals surface area contributed by atoms with Gasteiger partial charge >= 0.3 is 0 Å². The third kappa shape index (κ3) is 6.85. The number of nitrogens with zero attached hydrogens (tertiary/aromatic N) is 2. The van der Waals surface area contributed by atoms with Gasteiger partial charge in [0.05, 0.1) is 6.54 Å². The molecule has 1 N–H and O–H groups in total. The number of piperazine rings is 1. The molecule has 2 saturated heterocycles. The Morgan fingerprint density at radius 2 is 1.62 bits per heavy atom. The number of Topliss-reactive ketones (excluding diaryl/α,β-unsaturated/α-hetero) is 1. The van der Waals surface area contributed by atoms with Crippen molar-refractivity contribution in [1.82, 2.24) is 15.1 Å². The van der Waals surface area contributed by atoms with Crippen molar-refractivity contribution in [3.8, 4) is 12.3 Å². The summed E-state index contributed by atoms with van der Waals surface area (Å²) in [6.45, 7) is 8.75. The van der Waals surface area contributed by atoms with Gasteiger partial charge in [0.15, 0.2) is 0 Å². The van der Waals surface area contributed by atoms with Crippen LogP contribution in [0.1, 0.15) is 58.8 Å². The summed E-state index contributed by atoms with van der Waals surface area (Å²) in [6, 6.07) is 0. The van der Waals surface area contributed by atoms with E-state index in [9.17, 15) is 14.4 Å². The first-order valence-electron chi connectivity index (χ1n) is 11.3. The zero-order chi connectivity index (χ0) is 21.2. The largest absolute Gasteiger partial charge is 0.342 e. The second-order valence-corrected chi connectivity index (χ2v) is 8.55. The maximum Gasteiger partial charge on any atom is 0.236 e. The molecule has 0 unspecified atom stereocenters. The fraction of sp³-hybridized carbons (Fsp3) is 0.783. The van der Waals surface area contributed by atoms with E-state index in [-0.39, 0.29) is 29.4 Å². The summed E-state index contributed by atoms with van der Waals surface area (Å²) in [7, 11) is 0. The summed E-state index contributed by atoms with van der Waals surface area (Å²) < 4.78 is 0. The highest BCUT2D eigenvalue weighted by Crippen LogP contribution is 2.31. The van der Waals surface area contributed by atoms with Gasteiger partial charge in [0, 0.05) is 44.6 Å². The normalized spacial score (nSPS) is 25.6. The van der Waals surface area contributed by atoms with Crippen molar-refractivity contribution in [2.45, 2.75) is 58.8 Å². The third-order valence-corrected chi connectivity index (χ3v) is 6.18. The van der Waals surface area contributed by atoms with E-state index in [1.165, 1.54) is 6.42 Å². The van der Waals surface area contributed by atoms with E-state index in [0.29, 0.717) is 12.5 Å². The van der Waals surface area contributed by atoms with Crippen LogP contribution in [0, 0.1) is 30.1 Å². The molecule has 2 amide bonds. The van der Waals surface area contributed by atoms with Gasteiger partial charge in [0.25, 0.3) is 0 Å². The lowest BCUT2D eigenvalue weighted by Gasteiger charge is -2.38. The SMILES string of the molecule is C#CC(=O)C1CCC(C(=O)N2CCC(CN3CCNCC3=O)CC2)CC1.CCC. The van der Waals surface area contributed by atoms with Crippen LogP contribution >= 0.6 is 0 Å². The number of carbonyl (C=O) groups is 3. The van der Waals surface area contributed by atoms with Crippen LogP contribution in [0.5, 0.6) is 0 Å². The van der Waals surface area contributed by atoms with Gasteiger partial charge in [0.2, 0.25) is 17.6 Å². The average molecular weight is 404 g/mol. The van der Waals surface area contributed by atoms with Crippen molar-refractivity contribution < 1.29 is 14.4 Å². The van der Waals surface area contributed by atoms with Crippen LogP contribution in [-0.2, 0) is 14.4 Å². The summed E-state index contributed by atoms with van der Waals surface area (Å²) in [5, 5.41) is 3.10. The lowest BCUT2D eigenvalue weighted by atomic mass is 9.79. The number of hydrogen-bond donors (Lipinski definition) is 1. The Hall–Kier alpha value is -1.87. The molecule has 0 bridgehead atoms. The lowest BCUT2D eigenvalue weighted by molar-refractivity contribution is -0.140. The molecule has 1 saturated carbocycles. The van der Waals surface area contributed by atoms with Crippen LogP contribution < -0.4 is 5.32 Å². The highest BCUT2D eigenvalue weighted by Gasteiger charge is 2.33. The van der Waals surface area contributed by atoms with E-state index in [0.717, 1.165) is 71.2 Å². The van der Waals surface area contributed by atoms with Gasteiger partial charge in [-0.1, -0.05) is 20.3 Å². The molecule has 3 rings (SSSR count). The zero-order valence-corrected chi connectivity index (χ0v) is 18.1. The summed E-state index contributed by atoms with van der Waals surface area (Å²) in [4.78, 5) is 40.2. The molecule has 0 aromatic carbocycles. The number of nitrogens with one attached hydrogen (secondary N) is 1. The maximum absolute atomic E-state index is 12.8. The molecule has 6 heteroatoms. The highest BCUT2D eigenvalue weighted by atomic mass is 16.2. The van der Waals surface area contributed by atoms with Crippen molar-refractivity contribution in [2.24, 2.45) is 17.8 Å². The van der Waals surface area contributed by atoms with Crippen molar-refractivity contribution in [1.29, 1.82) is 0 Å². The molecule has 6 nitrogen and oxygen atoms in total. The minimum atomic E-state index is -0.112. The fourth-order valence-electron chi connectivity index (χ4n) is 4.47. The Balaban J connectivity index is 0.000000941. The van der Waals surface area contributed by atoms with Gasteiger partial charge in [-0.2, -0.15) is 0 Å². The standard InChI is InChI=1S/C20H29N3O3.C3H8/c1-2-18(24)16-3-5-17(6-4-16)20(26)22-10-7-15(8-11-22)14-23-12-9-21-13-19(23)25;1-3-2/h1,15-17,21H,3-14H2;3H2,1-2H3. The van der Waals surface area contributed by atoms with E-state index in [1.54, 1.807) is 0 Å². The van der Waals surface area contributed by atoms with Crippen molar-refractivity contribution >= 4 is 17.6 Å². The molecular weight excluding hydrogens is 366 g/mol. The van der Waals surface area contributed by atoms with Crippen LogP contribution in [0.2, 0.25) is 0 Å². The molecule has 0 atom stereocenters. The van der Waals surface area contributed by atoms with Crippen LogP contribution in [0.3, 0.4) is 0 Å². The Morgan fingerprint density at radius 1 is 1.03 bits per heavy atom. The molecule has 2 heterocycles. The van der Waals surface area contributed by atoms with Crippen molar-refractivity contribution in [2.75, 3.05) is 39.3 Å². The van der Waals surface area contributed by atoms with E-state index in [2.05, 4.69) is 25.1 Å². The van der Waals surface area contributed by atoms with Gasteiger partial charge in [-0.3, -0.25) is 14.4 Å². The minimum absolute atomic E-state index is 0.0446. The van der Waals surface area contributed by atoms with E-state index in [1.807, 2.05) is 9.80 Å². The summed E-state index contributed by atoms with van der Waals surface area (Å²) in [5.41, 5.74) is 0. The molecule has 162 valence electrons. The average Bonchev–Trinajstić information content (AvgIpc) is 2.75. The van der Waals surface area contributed by atoms with E-state index < -0.39 is 0 Å². The molecule has 3 fully saturated rings. The summed E-state index contributed by atoms with van der Waals surface area (Å²) in [6.07, 6.45) is 11.4. The number of piperidine rings is 1. The fourth-order valence-corrected chi connectivity index (χ4v) is 4.47. The van der Waals surface area contributed by atoms with Crippen molar-refractivity contribution in [3.05, 3.63) is 0 Å². The quantitative estimate of drug-likeness (QED) is 0.576. The number of terminal acetylenes is 1. The Morgan fingerprint density at radius 3 is 2.17 bits per heavy atom. The third-order valence-electron chi connectivity index (χ3n) is 6.18. The monoisotopic (exact) mass is 403 g/mol. The van der Waals surface area contributed by atoms with Crippen LogP contribution in [-0.4, -0.2) is 66.7 Å². The predicted octanol–water partition coefficient (Wildman–Crippen LogP) is 2.08. The number of carbonyl (C=O) groups excluding carboxylic acids is 3. The molecule has 1 aliphatic carbocycles. The Kier molecular flexibility index (Phi) is 9.66. The van der Waals surface area contributed by atoms with Crippen molar-refractivity contribution in [3.63, 3.8) is 0 Å². The first-order chi connectivity index (χ1) is 14.0. The first-order valence-corrected chi connectivity index (χ1v) is 11.3. The first kappa shape index (κ1) is 23.4. The topological polar surface area (TPSA) is 69.7 Å². The predicted molar refractivity (Wildman–Crippen MR) is 114 cm³/mol. The Bertz CT molecular complexity index is 597. The number of amides is 2. The second kappa shape index (κ2) is 12.0. The minimum Gasteiger partial charge on any atom is -0.342 e. The molecule has 0 aromatic heterocycles. The van der Waals surface area contributed by atoms with Crippen LogP contribution in [0.25, 0.3) is 0 Å². The molecule has 29 heavy (non-hydrogen) atoms. The molecule has 2 aliphatic heterocycles. The van der Waals surface area contributed by atoms with Gasteiger partial charge in [-0.05, 0) is 50.4 Å². The molecular formula is C23H37N3O3. The van der Waals surface area contributed by atoms with Gasteiger partial charge in [0.1, 0.15) is 0 Å². The lowest BCUT2D eigenvalue weighted by Crippen LogP contribution is -2.51. The van der Waals surface area contributed by atoms with Crippen LogP contribution in [0.15, 0.2) is 0 Å². The maximum atomic E-state index is 12.8. The van der Waals surface area contributed by atoms with E-state index in [4.69, 9.17) is 6.42 Å². The highest BCUT2D eigenvalue weighted by molar-refractivity contribution is 5.96. The number of ketones is 1. The van der Waals surface area contributed by atoms with Gasteiger partial charge < -0.3 is 15.1 Å². The molecule has 0 radical (unpaired) electrons. The second-order valence-electron chi connectivity index (χ2n) is 8.55. The van der Waals surface area contributed by atoms with E-state index >= 15 is 0 Å². The number of rotatable bonds is 4. The molecule has 0 spiro atoms. The smallest absolute Gasteiger partial charge is 0.236 e. The summed E-state index contributed by atoms with van der Waals surface area (Å²) in [5.74, 6) is 3.02. The van der Waals surface area contributed by atoms with Gasteiger partial charge in [-0.25, -0.2) is 0 Å². The number of likely N-dealkylation sites (tertiary alicyclic amines) is 1. The molecule has 3 aliphatic rings.